The Morgan fingerprint density at radius 3 is 1.06 bits per heavy atom. The minimum Gasteiger partial charge on any atom is -0.462 e. The van der Waals surface area contributed by atoms with Crippen molar-refractivity contribution in [2.75, 3.05) is 13.2 Å². The van der Waals surface area contributed by atoms with E-state index in [0.717, 1.165) is 116 Å². The topological polar surface area (TPSA) is 78.9 Å². The lowest BCUT2D eigenvalue weighted by atomic mass is 10.1. The van der Waals surface area contributed by atoms with Gasteiger partial charge in [0.25, 0.3) is 0 Å². The Labute approximate surface area is 386 Å². The molecular weight excluding hydrogens is 781 g/mol. The van der Waals surface area contributed by atoms with Crippen molar-refractivity contribution in [2.24, 2.45) is 0 Å². The number of unbranched alkanes of at least 4 members (excludes halogenated alkanes) is 13. The highest BCUT2D eigenvalue weighted by Gasteiger charge is 2.19. The Bertz CT molecular complexity index is 1370. The zero-order valence-electron chi connectivity index (χ0n) is 40.3. The van der Waals surface area contributed by atoms with E-state index in [1.54, 1.807) is 6.08 Å². The molecule has 354 valence electrons. The number of rotatable bonds is 43. The molecule has 0 fully saturated rings. The van der Waals surface area contributed by atoms with Gasteiger partial charge in [-0.1, -0.05) is 194 Å². The van der Waals surface area contributed by atoms with Crippen LogP contribution in [0.15, 0.2) is 122 Å². The van der Waals surface area contributed by atoms with Crippen molar-refractivity contribution < 1.29 is 28.6 Å². The summed E-state index contributed by atoms with van der Waals surface area (Å²) in [5.74, 6) is -1.11. The normalized spacial score (nSPS) is 13.1. The van der Waals surface area contributed by atoms with E-state index in [2.05, 4.69) is 130 Å². The summed E-state index contributed by atoms with van der Waals surface area (Å²) >= 11 is 0. The lowest BCUT2D eigenvalue weighted by Crippen LogP contribution is -2.30. The van der Waals surface area contributed by atoms with E-state index in [9.17, 15) is 14.4 Å². The molecule has 1 atom stereocenters. The SMILES string of the molecule is CC/C=C\C/C=C\C/C=C\C/C=C\C/C=C\CC(=O)OC(COC(=O)CCCCCC/C=C\C/C=C\C/C=C\C/C=C\CC)COC(=O)CCCCCCC/C=C\CCCCCC. The van der Waals surface area contributed by atoms with E-state index in [1.807, 2.05) is 6.08 Å². The van der Waals surface area contributed by atoms with Crippen LogP contribution in [0.2, 0.25) is 0 Å². The molecule has 0 aliphatic rings. The van der Waals surface area contributed by atoms with Crippen molar-refractivity contribution in [1.82, 2.24) is 0 Å². The number of carbonyl (C=O) groups excluding carboxylic acids is 3. The Balaban J connectivity index is 4.59. The Morgan fingerprint density at radius 1 is 0.349 bits per heavy atom. The van der Waals surface area contributed by atoms with Crippen molar-refractivity contribution in [2.45, 2.75) is 207 Å². The Morgan fingerprint density at radius 2 is 0.667 bits per heavy atom. The summed E-state index contributed by atoms with van der Waals surface area (Å²) in [6.07, 6.45) is 69.2. The maximum Gasteiger partial charge on any atom is 0.310 e. The smallest absolute Gasteiger partial charge is 0.310 e. The van der Waals surface area contributed by atoms with Crippen molar-refractivity contribution in [3.63, 3.8) is 0 Å². The van der Waals surface area contributed by atoms with Crippen LogP contribution in [0, 0.1) is 0 Å². The predicted molar refractivity (Wildman–Crippen MR) is 269 cm³/mol. The van der Waals surface area contributed by atoms with Gasteiger partial charge in [-0.2, -0.15) is 0 Å². The van der Waals surface area contributed by atoms with E-state index >= 15 is 0 Å². The van der Waals surface area contributed by atoms with Gasteiger partial charge in [0, 0.05) is 12.8 Å². The summed E-state index contributed by atoms with van der Waals surface area (Å²) in [5.41, 5.74) is 0. The average Bonchev–Trinajstić information content (AvgIpc) is 3.28. The van der Waals surface area contributed by atoms with Crippen molar-refractivity contribution in [3.8, 4) is 0 Å². The first kappa shape index (κ1) is 58.8. The van der Waals surface area contributed by atoms with E-state index in [0.29, 0.717) is 19.3 Å². The van der Waals surface area contributed by atoms with E-state index in [4.69, 9.17) is 14.2 Å². The summed E-state index contributed by atoms with van der Waals surface area (Å²) in [6.45, 7) is 6.26. The van der Waals surface area contributed by atoms with Crippen LogP contribution in [-0.4, -0.2) is 37.2 Å². The van der Waals surface area contributed by atoms with Crippen LogP contribution in [0.5, 0.6) is 0 Å². The fourth-order valence-corrected chi connectivity index (χ4v) is 6.27. The molecule has 0 heterocycles. The highest BCUT2D eigenvalue weighted by Crippen LogP contribution is 2.12. The second-order valence-electron chi connectivity index (χ2n) is 16.0. The first-order valence-electron chi connectivity index (χ1n) is 25.0. The molecule has 0 saturated heterocycles. The highest BCUT2D eigenvalue weighted by atomic mass is 16.6. The van der Waals surface area contributed by atoms with Crippen LogP contribution in [0.4, 0.5) is 0 Å². The van der Waals surface area contributed by atoms with Gasteiger partial charge in [-0.15, -0.1) is 0 Å². The zero-order chi connectivity index (χ0) is 45.8. The molecule has 0 spiro atoms. The fourth-order valence-electron chi connectivity index (χ4n) is 6.27. The molecule has 0 bridgehead atoms. The second-order valence-corrected chi connectivity index (χ2v) is 16.0. The van der Waals surface area contributed by atoms with Gasteiger partial charge >= 0.3 is 17.9 Å². The largest absolute Gasteiger partial charge is 0.462 e. The lowest BCUT2D eigenvalue weighted by Gasteiger charge is -2.18. The van der Waals surface area contributed by atoms with Crippen LogP contribution in [0.1, 0.15) is 201 Å². The molecule has 0 aliphatic heterocycles. The third kappa shape index (κ3) is 48.7. The maximum atomic E-state index is 12.7. The molecule has 0 saturated carbocycles. The fraction of sp³-hybridized carbons (Fsp3) is 0.596. The molecule has 0 aromatic rings. The van der Waals surface area contributed by atoms with Gasteiger partial charge in [-0.05, 0) is 109 Å². The quantitative estimate of drug-likeness (QED) is 0.0263. The van der Waals surface area contributed by atoms with Crippen molar-refractivity contribution in [1.29, 1.82) is 0 Å². The minimum atomic E-state index is -0.848. The first-order valence-corrected chi connectivity index (χ1v) is 25.0. The van der Waals surface area contributed by atoms with Gasteiger partial charge in [-0.3, -0.25) is 14.4 Å². The molecule has 0 radical (unpaired) electrons. The molecule has 6 nitrogen and oxygen atoms in total. The zero-order valence-corrected chi connectivity index (χ0v) is 40.3. The summed E-state index contributed by atoms with van der Waals surface area (Å²) in [5, 5.41) is 0. The molecule has 0 rings (SSSR count). The number of carbonyl (C=O) groups is 3. The molecule has 0 amide bonds. The van der Waals surface area contributed by atoms with Crippen LogP contribution in [0.3, 0.4) is 0 Å². The molecule has 6 heteroatoms. The monoisotopic (exact) mass is 871 g/mol. The number of hydrogen-bond acceptors (Lipinski definition) is 6. The van der Waals surface area contributed by atoms with Crippen LogP contribution >= 0.6 is 0 Å². The number of allylic oxidation sites excluding steroid dienone is 19. The Kier molecular flexibility index (Phi) is 47.1. The number of ether oxygens (including phenoxy) is 3. The molecule has 0 aromatic heterocycles. The molecule has 1 unspecified atom stereocenters. The molecule has 0 aromatic carbocycles. The molecule has 0 aliphatic carbocycles. The third-order valence-electron chi connectivity index (χ3n) is 9.96. The minimum absolute atomic E-state index is 0.0849. The summed E-state index contributed by atoms with van der Waals surface area (Å²) in [7, 11) is 0. The number of hydrogen-bond donors (Lipinski definition) is 0. The standard InChI is InChI=1S/C57H90O6/c1-4-7-10-13-16-19-22-25-27-28-30-32-35-38-41-44-47-50-56(59)62-53-54(52-61-55(58)49-46-43-40-37-34-31-24-21-18-15-12-9-6-3)63-57(60)51-48-45-42-39-36-33-29-26-23-20-17-14-11-8-5-2/h7-8,10-11,16-17,19-21,24-27,29-30,32,36,39,45,48,54H,4-6,9,12-15,18,22-23,28,31,33-35,37-38,40-44,46-47,49-53H2,1-3H3/b10-7-,11-8-,19-16-,20-17-,24-21-,27-25-,29-26-,32-30-,39-36-,48-45-. The van der Waals surface area contributed by atoms with Gasteiger partial charge in [0.2, 0.25) is 0 Å². The van der Waals surface area contributed by atoms with E-state index < -0.39 is 12.1 Å². The van der Waals surface area contributed by atoms with Gasteiger partial charge in [-0.25, -0.2) is 0 Å². The maximum absolute atomic E-state index is 12.7. The van der Waals surface area contributed by atoms with E-state index in [-0.39, 0.29) is 31.6 Å². The summed E-state index contributed by atoms with van der Waals surface area (Å²) in [6, 6.07) is 0. The van der Waals surface area contributed by atoms with Gasteiger partial charge in [0.15, 0.2) is 6.10 Å². The van der Waals surface area contributed by atoms with Gasteiger partial charge in [0.1, 0.15) is 13.2 Å². The second kappa shape index (κ2) is 50.5. The van der Waals surface area contributed by atoms with Gasteiger partial charge < -0.3 is 14.2 Å². The third-order valence-corrected chi connectivity index (χ3v) is 9.96. The van der Waals surface area contributed by atoms with Gasteiger partial charge in [0.05, 0.1) is 6.42 Å². The highest BCUT2D eigenvalue weighted by molar-refractivity contribution is 5.72. The van der Waals surface area contributed by atoms with Crippen molar-refractivity contribution in [3.05, 3.63) is 122 Å². The van der Waals surface area contributed by atoms with Crippen LogP contribution in [0.25, 0.3) is 0 Å². The lowest BCUT2D eigenvalue weighted by molar-refractivity contribution is -0.166. The average molecular weight is 871 g/mol. The number of esters is 3. The molecule has 0 N–H and O–H groups in total. The predicted octanol–water partition coefficient (Wildman–Crippen LogP) is 16.5. The first-order chi connectivity index (χ1) is 31.0. The van der Waals surface area contributed by atoms with E-state index in [1.165, 1.54) is 38.5 Å². The van der Waals surface area contributed by atoms with Crippen molar-refractivity contribution >= 4 is 17.9 Å². The Hall–Kier alpha value is -4.19. The van der Waals surface area contributed by atoms with Crippen LogP contribution in [-0.2, 0) is 28.6 Å². The summed E-state index contributed by atoms with van der Waals surface area (Å²) in [4.78, 5) is 37.9. The molecule has 63 heavy (non-hydrogen) atoms. The summed E-state index contributed by atoms with van der Waals surface area (Å²) < 4.78 is 16.6. The molecular formula is C57H90O6. The van der Waals surface area contributed by atoms with Crippen LogP contribution < -0.4 is 0 Å².